The van der Waals surface area contributed by atoms with Gasteiger partial charge in [0.2, 0.25) is 0 Å². The minimum absolute atomic E-state index is 0.0186. The number of hydrogen-bond donors (Lipinski definition) is 1. The lowest BCUT2D eigenvalue weighted by atomic mass is 9.98. The molecule has 1 N–H and O–H groups in total. The van der Waals surface area contributed by atoms with Crippen LogP contribution in [0.1, 0.15) is 35.7 Å². The molecule has 0 bridgehead atoms. The zero-order chi connectivity index (χ0) is 12.4. The molecule has 0 amide bonds. The number of aromatic nitrogens is 2. The summed E-state index contributed by atoms with van der Waals surface area (Å²) in [6, 6.07) is 5.10. The van der Waals surface area contributed by atoms with Gasteiger partial charge in [-0.2, -0.15) is 5.10 Å². The molecular formula is C13H14N2O2. The van der Waals surface area contributed by atoms with Crippen LogP contribution in [0.4, 0.5) is 0 Å². The molecule has 0 saturated heterocycles. The minimum Gasteiger partial charge on any atom is -0.507 e. The van der Waals surface area contributed by atoms with Gasteiger partial charge in [-0.25, -0.2) is 4.68 Å². The Hall–Kier alpha value is -2.10. The molecule has 1 aromatic heterocycles. The number of rotatable bonds is 3. The normalized spacial score (nSPS) is 10.8. The number of carbonyl (C=O) groups is 1. The van der Waals surface area contributed by atoms with Gasteiger partial charge in [0.1, 0.15) is 5.75 Å². The van der Waals surface area contributed by atoms with Crippen LogP contribution in [-0.2, 0) is 0 Å². The molecule has 0 aliphatic rings. The summed E-state index contributed by atoms with van der Waals surface area (Å²) in [6.45, 7) is 4.07. The van der Waals surface area contributed by atoms with Crippen molar-refractivity contribution in [2.24, 2.45) is 0 Å². The van der Waals surface area contributed by atoms with Gasteiger partial charge in [-0.05, 0) is 23.6 Å². The molecule has 0 spiro atoms. The van der Waals surface area contributed by atoms with Crippen molar-refractivity contribution in [2.45, 2.75) is 19.8 Å². The molecule has 0 unspecified atom stereocenters. The molecule has 0 fully saturated rings. The van der Waals surface area contributed by atoms with Crippen LogP contribution in [0.3, 0.4) is 0 Å². The van der Waals surface area contributed by atoms with Crippen molar-refractivity contribution in [3.63, 3.8) is 0 Å². The average Bonchev–Trinajstić information content (AvgIpc) is 2.81. The van der Waals surface area contributed by atoms with E-state index in [1.165, 1.54) is 0 Å². The van der Waals surface area contributed by atoms with E-state index in [1.54, 1.807) is 29.2 Å². The van der Waals surface area contributed by atoms with Crippen LogP contribution in [0.2, 0.25) is 0 Å². The van der Waals surface area contributed by atoms with Gasteiger partial charge >= 0.3 is 0 Å². The molecule has 2 rings (SSSR count). The van der Waals surface area contributed by atoms with Crippen molar-refractivity contribution < 1.29 is 9.90 Å². The quantitative estimate of drug-likeness (QED) is 0.824. The number of aldehydes is 1. The first-order chi connectivity index (χ1) is 8.13. The standard InChI is InChI=1S/C13H14N2O2/c1-9(2)11-6-10(8-16)13(17)7-12(11)15-5-3-4-14-15/h3-9,17H,1-2H3. The molecule has 0 atom stereocenters. The first-order valence-corrected chi connectivity index (χ1v) is 5.45. The van der Waals surface area contributed by atoms with E-state index in [0.717, 1.165) is 11.3 Å². The van der Waals surface area contributed by atoms with Gasteiger partial charge in [-0.3, -0.25) is 4.79 Å². The van der Waals surface area contributed by atoms with Gasteiger partial charge < -0.3 is 5.11 Å². The summed E-state index contributed by atoms with van der Waals surface area (Å²) in [5.74, 6) is 0.225. The van der Waals surface area contributed by atoms with Gasteiger partial charge in [-0.15, -0.1) is 0 Å². The predicted octanol–water partition coefficient (Wildman–Crippen LogP) is 2.51. The van der Waals surface area contributed by atoms with Crippen LogP contribution < -0.4 is 0 Å². The Morgan fingerprint density at radius 1 is 1.41 bits per heavy atom. The molecular weight excluding hydrogens is 216 g/mol. The summed E-state index contributed by atoms with van der Waals surface area (Å²) in [6.07, 6.45) is 4.14. The van der Waals surface area contributed by atoms with E-state index in [4.69, 9.17) is 0 Å². The molecule has 1 heterocycles. The monoisotopic (exact) mass is 230 g/mol. The van der Waals surface area contributed by atoms with Gasteiger partial charge in [0, 0.05) is 18.5 Å². The average molecular weight is 230 g/mol. The Bertz CT molecular complexity index is 531. The number of hydrogen-bond acceptors (Lipinski definition) is 3. The van der Waals surface area contributed by atoms with E-state index >= 15 is 0 Å². The van der Waals surface area contributed by atoms with Gasteiger partial charge in [0.15, 0.2) is 6.29 Å². The number of nitrogens with zero attached hydrogens (tertiary/aromatic N) is 2. The molecule has 0 aliphatic carbocycles. The number of phenolic OH excluding ortho intramolecular Hbond substituents is 1. The molecule has 0 aliphatic heterocycles. The summed E-state index contributed by atoms with van der Waals surface area (Å²) in [7, 11) is 0. The number of carbonyl (C=O) groups excluding carboxylic acids is 1. The van der Waals surface area contributed by atoms with Crippen LogP contribution in [0.5, 0.6) is 5.75 Å². The minimum atomic E-state index is -0.0186. The lowest BCUT2D eigenvalue weighted by Gasteiger charge is -2.14. The van der Waals surface area contributed by atoms with E-state index in [9.17, 15) is 9.90 Å². The van der Waals surface area contributed by atoms with Gasteiger partial charge in [0.05, 0.1) is 11.3 Å². The fourth-order valence-corrected chi connectivity index (χ4v) is 1.78. The Morgan fingerprint density at radius 2 is 2.18 bits per heavy atom. The maximum atomic E-state index is 10.8. The summed E-state index contributed by atoms with van der Waals surface area (Å²) >= 11 is 0. The molecule has 4 nitrogen and oxygen atoms in total. The van der Waals surface area contributed by atoms with E-state index in [1.807, 2.05) is 19.9 Å². The highest BCUT2D eigenvalue weighted by atomic mass is 16.3. The number of aromatic hydroxyl groups is 1. The lowest BCUT2D eigenvalue weighted by Crippen LogP contribution is -2.03. The summed E-state index contributed by atoms with van der Waals surface area (Å²) in [5, 5.41) is 13.9. The number of benzene rings is 1. The highest BCUT2D eigenvalue weighted by Gasteiger charge is 2.13. The molecule has 2 aromatic rings. The largest absolute Gasteiger partial charge is 0.507 e. The Labute approximate surface area is 99.5 Å². The van der Waals surface area contributed by atoms with E-state index < -0.39 is 0 Å². The molecule has 0 saturated carbocycles. The van der Waals surface area contributed by atoms with Crippen LogP contribution in [0.25, 0.3) is 5.69 Å². The second-order valence-corrected chi connectivity index (χ2v) is 4.19. The zero-order valence-corrected chi connectivity index (χ0v) is 9.79. The van der Waals surface area contributed by atoms with E-state index in [0.29, 0.717) is 11.8 Å². The third kappa shape index (κ3) is 2.06. The predicted molar refractivity (Wildman–Crippen MR) is 64.7 cm³/mol. The van der Waals surface area contributed by atoms with Crippen molar-refractivity contribution in [1.29, 1.82) is 0 Å². The Balaban J connectivity index is 2.65. The van der Waals surface area contributed by atoms with Crippen molar-refractivity contribution in [1.82, 2.24) is 9.78 Å². The van der Waals surface area contributed by atoms with Crippen LogP contribution in [0.15, 0.2) is 30.6 Å². The first kappa shape index (κ1) is 11.4. The molecule has 1 aromatic carbocycles. The molecule has 4 heteroatoms. The second kappa shape index (κ2) is 4.41. The maximum absolute atomic E-state index is 10.8. The van der Waals surface area contributed by atoms with Crippen molar-refractivity contribution >= 4 is 6.29 Å². The van der Waals surface area contributed by atoms with E-state index in [-0.39, 0.29) is 11.7 Å². The summed E-state index contributed by atoms with van der Waals surface area (Å²) < 4.78 is 1.68. The third-order valence-corrected chi connectivity index (χ3v) is 2.68. The fourth-order valence-electron chi connectivity index (χ4n) is 1.78. The fraction of sp³-hybridized carbons (Fsp3) is 0.231. The molecule has 88 valence electrons. The van der Waals surface area contributed by atoms with Crippen LogP contribution in [0, 0.1) is 0 Å². The molecule has 17 heavy (non-hydrogen) atoms. The highest BCUT2D eigenvalue weighted by molar-refractivity contribution is 5.80. The van der Waals surface area contributed by atoms with E-state index in [2.05, 4.69) is 5.10 Å². The summed E-state index contributed by atoms with van der Waals surface area (Å²) in [5.41, 5.74) is 2.09. The highest BCUT2D eigenvalue weighted by Crippen LogP contribution is 2.29. The smallest absolute Gasteiger partial charge is 0.153 e. The van der Waals surface area contributed by atoms with Crippen molar-refractivity contribution in [2.75, 3.05) is 0 Å². The summed E-state index contributed by atoms with van der Waals surface area (Å²) in [4.78, 5) is 10.8. The van der Waals surface area contributed by atoms with Crippen molar-refractivity contribution in [3.05, 3.63) is 41.7 Å². The second-order valence-electron chi connectivity index (χ2n) is 4.19. The van der Waals surface area contributed by atoms with Crippen LogP contribution in [-0.4, -0.2) is 21.2 Å². The zero-order valence-electron chi connectivity index (χ0n) is 9.79. The van der Waals surface area contributed by atoms with Crippen molar-refractivity contribution in [3.8, 4) is 11.4 Å². The Kier molecular flexibility index (Phi) is 2.95. The molecule has 0 radical (unpaired) electrons. The maximum Gasteiger partial charge on any atom is 0.153 e. The number of phenols is 1. The lowest BCUT2D eigenvalue weighted by molar-refractivity contribution is 0.112. The van der Waals surface area contributed by atoms with Crippen LogP contribution >= 0.6 is 0 Å². The first-order valence-electron chi connectivity index (χ1n) is 5.45. The SMILES string of the molecule is CC(C)c1cc(C=O)c(O)cc1-n1cccn1. The van der Waals surface area contributed by atoms with Gasteiger partial charge in [-0.1, -0.05) is 13.8 Å². The topological polar surface area (TPSA) is 55.1 Å². The third-order valence-electron chi connectivity index (χ3n) is 2.68. The Morgan fingerprint density at radius 3 is 2.71 bits per heavy atom. The van der Waals surface area contributed by atoms with Gasteiger partial charge in [0.25, 0.3) is 0 Å².